The number of benzene rings is 1. The van der Waals surface area contributed by atoms with E-state index in [9.17, 15) is 13.2 Å². The monoisotopic (exact) mass is 586 g/mol. The first-order chi connectivity index (χ1) is 19.1. The summed E-state index contributed by atoms with van der Waals surface area (Å²) in [4.78, 5) is 18.4. The van der Waals surface area contributed by atoms with Crippen LogP contribution in [-0.2, 0) is 14.6 Å². The van der Waals surface area contributed by atoms with Crippen LogP contribution in [0.4, 0.5) is 10.5 Å². The van der Waals surface area contributed by atoms with Crippen LogP contribution in [-0.4, -0.2) is 43.4 Å². The Hall–Kier alpha value is -2.99. The molecule has 0 spiro atoms. The number of ether oxygens (including phenoxy) is 1. The van der Waals surface area contributed by atoms with Gasteiger partial charge < -0.3 is 20.7 Å². The van der Waals surface area contributed by atoms with Crippen molar-refractivity contribution in [3.8, 4) is 10.4 Å². The van der Waals surface area contributed by atoms with Crippen molar-refractivity contribution in [1.29, 1.82) is 5.53 Å². The molecule has 3 atom stereocenters. The molecule has 10 nitrogen and oxygen atoms in total. The van der Waals surface area contributed by atoms with Gasteiger partial charge in [-0.1, -0.05) is 12.5 Å². The van der Waals surface area contributed by atoms with E-state index in [1.54, 1.807) is 30.7 Å². The lowest BCUT2D eigenvalue weighted by Crippen LogP contribution is -2.54. The van der Waals surface area contributed by atoms with Gasteiger partial charge in [0.05, 0.1) is 26.1 Å². The number of amides is 1. The summed E-state index contributed by atoms with van der Waals surface area (Å²) in [6.07, 6.45) is 10.0. The molecule has 1 aromatic carbocycles. The number of alkyl carbamates (subject to hydrolysis) is 1. The lowest BCUT2D eigenvalue weighted by Gasteiger charge is -2.48. The van der Waals surface area contributed by atoms with Gasteiger partial charge >= 0.3 is 6.09 Å². The summed E-state index contributed by atoms with van der Waals surface area (Å²) in [7, 11) is -1.80. The molecule has 3 saturated carbocycles. The molecule has 40 heavy (non-hydrogen) atoms. The van der Waals surface area contributed by atoms with Gasteiger partial charge in [-0.3, -0.25) is 0 Å². The number of carbonyl (C=O) groups is 1. The number of aromatic nitrogens is 1. The number of carbonyl (C=O) groups excluding carboxylic acids is 1. The molecule has 216 valence electrons. The standard InChI is InChI=1S/C28H38N6O4S2/c1-17(2)38-27(35)33-28-11-4-5-18(14-28)21(10-12-28)26-31-15-23(39-26)22-9-6-19(32-25(34-29)16-30-3)13-24(22)40(36,37)20-7-8-20/h6,9,13,15-18,20-21,29-30,32H,4-5,7-8,10-12,14H2,1-3H3,(H,33,35)/b25-16-,34-29?. The Balaban J connectivity index is 1.40. The van der Waals surface area contributed by atoms with Crippen LogP contribution in [0.2, 0.25) is 0 Å². The first-order valence-corrected chi connectivity index (χ1v) is 16.3. The zero-order valence-corrected chi connectivity index (χ0v) is 24.8. The van der Waals surface area contributed by atoms with Crippen LogP contribution in [0.25, 0.3) is 10.4 Å². The fourth-order valence-electron chi connectivity index (χ4n) is 6.17. The number of nitrogens with zero attached hydrogens (tertiary/aromatic N) is 2. The zero-order valence-electron chi connectivity index (χ0n) is 23.2. The number of fused-ring (bicyclic) bond motifs is 2. The van der Waals surface area contributed by atoms with Crippen molar-refractivity contribution < 1.29 is 17.9 Å². The lowest BCUT2D eigenvalue weighted by molar-refractivity contribution is 0.0678. The number of anilines is 1. The highest BCUT2D eigenvalue weighted by Crippen LogP contribution is 2.51. The normalized spacial score (nSPS) is 24.9. The lowest BCUT2D eigenvalue weighted by atomic mass is 9.63. The third kappa shape index (κ3) is 6.02. The predicted molar refractivity (Wildman–Crippen MR) is 155 cm³/mol. The summed E-state index contributed by atoms with van der Waals surface area (Å²) in [6.45, 7) is 3.71. The molecule has 4 N–H and O–H groups in total. The van der Waals surface area contributed by atoms with Crippen molar-refractivity contribution >= 4 is 33.0 Å². The second-order valence-electron chi connectivity index (χ2n) is 11.4. The van der Waals surface area contributed by atoms with Gasteiger partial charge in [0.2, 0.25) is 0 Å². The molecule has 0 radical (unpaired) electrons. The number of hydrogen-bond donors (Lipinski definition) is 4. The second-order valence-corrected chi connectivity index (χ2v) is 14.7. The maximum Gasteiger partial charge on any atom is 0.407 e. The molecule has 3 fully saturated rings. The Kier molecular flexibility index (Phi) is 8.19. The number of rotatable bonds is 10. The van der Waals surface area contributed by atoms with Crippen LogP contribution in [0.3, 0.4) is 0 Å². The first-order valence-electron chi connectivity index (χ1n) is 14.0. The molecule has 0 aliphatic heterocycles. The van der Waals surface area contributed by atoms with Crippen LogP contribution >= 0.6 is 11.3 Å². The minimum absolute atomic E-state index is 0.154. The molecule has 3 unspecified atom stereocenters. The van der Waals surface area contributed by atoms with Crippen molar-refractivity contribution in [2.45, 2.75) is 92.9 Å². The molecule has 3 aliphatic rings. The largest absolute Gasteiger partial charge is 0.447 e. The average Bonchev–Trinajstić information content (AvgIpc) is 3.67. The highest BCUT2D eigenvalue weighted by molar-refractivity contribution is 7.92. The number of nitrogens with one attached hydrogen (secondary N) is 4. The molecule has 0 saturated heterocycles. The van der Waals surface area contributed by atoms with Gasteiger partial charge in [0.1, 0.15) is 0 Å². The van der Waals surface area contributed by atoms with Crippen LogP contribution in [0.15, 0.2) is 46.4 Å². The zero-order chi connectivity index (χ0) is 28.5. The molecule has 1 aromatic heterocycles. The Morgan fingerprint density at radius 2 is 2.05 bits per heavy atom. The highest BCUT2D eigenvalue weighted by Gasteiger charge is 2.46. The Bertz CT molecular complexity index is 1400. The molecular weight excluding hydrogens is 548 g/mol. The van der Waals surface area contributed by atoms with Gasteiger partial charge in [0, 0.05) is 42.2 Å². The highest BCUT2D eigenvalue weighted by atomic mass is 32.2. The Labute approximate surface area is 239 Å². The summed E-state index contributed by atoms with van der Waals surface area (Å²) in [5, 5.41) is 13.2. The van der Waals surface area contributed by atoms with Crippen molar-refractivity contribution in [1.82, 2.24) is 15.6 Å². The molecule has 2 bridgehead atoms. The van der Waals surface area contributed by atoms with Gasteiger partial charge in [-0.25, -0.2) is 23.7 Å². The van der Waals surface area contributed by atoms with Gasteiger partial charge in [-0.15, -0.1) is 16.5 Å². The number of sulfone groups is 1. The maximum atomic E-state index is 13.5. The molecule has 5 rings (SSSR count). The van der Waals surface area contributed by atoms with Crippen molar-refractivity contribution in [2.75, 3.05) is 12.4 Å². The van der Waals surface area contributed by atoms with E-state index in [1.807, 2.05) is 32.2 Å². The van der Waals surface area contributed by atoms with Crippen LogP contribution in [0, 0.1) is 11.4 Å². The van der Waals surface area contributed by atoms with Crippen molar-refractivity contribution in [3.63, 3.8) is 0 Å². The summed E-state index contributed by atoms with van der Waals surface area (Å²) < 4.78 is 32.4. The number of thiazole rings is 1. The fourth-order valence-corrected chi connectivity index (χ4v) is 9.31. The fraction of sp³-hybridized carbons (Fsp3) is 0.571. The predicted octanol–water partition coefficient (Wildman–Crippen LogP) is 6.15. The second kappa shape index (κ2) is 11.5. The van der Waals surface area contributed by atoms with Crippen LogP contribution < -0.4 is 16.0 Å². The van der Waals surface area contributed by atoms with E-state index in [-0.39, 0.29) is 39.6 Å². The molecule has 3 aliphatic carbocycles. The molecule has 1 amide bonds. The third-order valence-corrected chi connectivity index (χ3v) is 11.6. The van der Waals surface area contributed by atoms with E-state index in [1.165, 1.54) is 0 Å². The summed E-state index contributed by atoms with van der Waals surface area (Å²) >= 11 is 1.58. The SMILES string of the molecule is CN/C=C(\N=N)Nc1ccc(-c2cnc(C3CCC4(NC(=O)OC(C)C)CCCC3C4)s2)c(S(=O)(=O)C2CC2)c1. The maximum absolute atomic E-state index is 13.5. The first kappa shape index (κ1) is 28.5. The molecule has 12 heteroatoms. The Morgan fingerprint density at radius 3 is 2.75 bits per heavy atom. The van der Waals surface area contributed by atoms with Gasteiger partial charge in [0.25, 0.3) is 0 Å². The molecular formula is C28H38N6O4S2. The van der Waals surface area contributed by atoms with E-state index in [0.29, 0.717) is 30.0 Å². The summed E-state index contributed by atoms with van der Waals surface area (Å²) in [5.41, 5.74) is 8.37. The van der Waals surface area contributed by atoms with E-state index in [0.717, 1.165) is 48.4 Å². The summed E-state index contributed by atoms with van der Waals surface area (Å²) in [5.74, 6) is 0.971. The summed E-state index contributed by atoms with van der Waals surface area (Å²) in [6, 6.07) is 5.29. The van der Waals surface area contributed by atoms with Crippen molar-refractivity contribution in [3.05, 3.63) is 41.4 Å². The molecule has 1 heterocycles. The minimum atomic E-state index is -3.51. The van der Waals surface area contributed by atoms with Crippen LogP contribution in [0.5, 0.6) is 0 Å². The van der Waals surface area contributed by atoms with E-state index in [2.05, 4.69) is 21.1 Å². The average molecular weight is 587 g/mol. The minimum Gasteiger partial charge on any atom is -0.447 e. The number of hydrogen-bond acceptors (Lipinski definition) is 10. The van der Waals surface area contributed by atoms with E-state index < -0.39 is 9.84 Å². The van der Waals surface area contributed by atoms with Gasteiger partial charge in [-0.05, 0) is 76.8 Å². The quantitative estimate of drug-likeness (QED) is 0.244. The van der Waals surface area contributed by atoms with E-state index in [4.69, 9.17) is 15.3 Å². The van der Waals surface area contributed by atoms with Crippen molar-refractivity contribution in [2.24, 2.45) is 11.0 Å². The van der Waals surface area contributed by atoms with Crippen LogP contribution in [0.1, 0.15) is 76.1 Å². The smallest absolute Gasteiger partial charge is 0.407 e. The molecule has 2 aromatic rings. The van der Waals surface area contributed by atoms with E-state index >= 15 is 0 Å². The third-order valence-electron chi connectivity index (χ3n) is 8.13. The van der Waals surface area contributed by atoms with Gasteiger partial charge in [-0.2, -0.15) is 0 Å². The topological polar surface area (TPSA) is 146 Å². The van der Waals surface area contributed by atoms with Gasteiger partial charge in [0.15, 0.2) is 15.7 Å². The Morgan fingerprint density at radius 1 is 1.25 bits per heavy atom.